The van der Waals surface area contributed by atoms with Gasteiger partial charge in [0.25, 0.3) is 0 Å². The first-order chi connectivity index (χ1) is 18.3. The van der Waals surface area contributed by atoms with Crippen LogP contribution in [0.25, 0.3) is 0 Å². The molecule has 0 bridgehead atoms. The van der Waals surface area contributed by atoms with E-state index in [9.17, 15) is 18.7 Å². The molecule has 0 spiro atoms. The Kier molecular flexibility index (Phi) is 8.23. The van der Waals surface area contributed by atoms with Gasteiger partial charge >= 0.3 is 6.03 Å². The summed E-state index contributed by atoms with van der Waals surface area (Å²) in [6.45, 7) is 0.131. The molecule has 38 heavy (non-hydrogen) atoms. The molecule has 0 aliphatic carbocycles. The maximum Gasteiger partial charge on any atom is 0.315 e. The van der Waals surface area contributed by atoms with Crippen molar-refractivity contribution in [3.63, 3.8) is 0 Å². The monoisotopic (exact) mass is 518 g/mol. The Balaban J connectivity index is 1.70. The number of benzene rings is 4. The van der Waals surface area contributed by atoms with Crippen LogP contribution >= 0.6 is 0 Å². The second kappa shape index (κ2) is 11.7. The Morgan fingerprint density at radius 2 is 1.42 bits per heavy atom. The zero-order chi connectivity index (χ0) is 27.1. The number of urea groups is 1. The number of aliphatic hydroxyl groups is 1. The van der Waals surface area contributed by atoms with E-state index < -0.39 is 29.3 Å². The van der Waals surface area contributed by atoms with Crippen LogP contribution in [0.5, 0.6) is 11.5 Å². The summed E-state index contributed by atoms with van der Waals surface area (Å²) < 4.78 is 38.2. The third-order valence-electron chi connectivity index (χ3n) is 6.33. The summed E-state index contributed by atoms with van der Waals surface area (Å²) in [5.41, 5.74) is 0.0542. The van der Waals surface area contributed by atoms with Gasteiger partial charge in [-0.1, -0.05) is 54.6 Å². The van der Waals surface area contributed by atoms with Crippen LogP contribution < -0.4 is 20.1 Å². The number of carbonyl (C=O) groups excluding carboxylic acids is 1. The number of rotatable bonds is 9. The first kappa shape index (κ1) is 26.6. The lowest BCUT2D eigenvalue weighted by atomic mass is 9.77. The molecule has 0 heterocycles. The van der Waals surface area contributed by atoms with E-state index in [2.05, 4.69) is 10.6 Å². The Labute approximate surface area is 219 Å². The van der Waals surface area contributed by atoms with E-state index in [-0.39, 0.29) is 6.54 Å². The van der Waals surface area contributed by atoms with Crippen molar-refractivity contribution in [1.82, 2.24) is 10.6 Å². The Bertz CT molecular complexity index is 1320. The van der Waals surface area contributed by atoms with Crippen LogP contribution in [0.15, 0.2) is 97.1 Å². The lowest BCUT2D eigenvalue weighted by Crippen LogP contribution is -2.48. The van der Waals surface area contributed by atoms with E-state index in [4.69, 9.17) is 9.47 Å². The molecule has 196 valence electrons. The largest absolute Gasteiger partial charge is 0.497 e. The lowest BCUT2D eigenvalue weighted by molar-refractivity contribution is 0.0399. The van der Waals surface area contributed by atoms with Crippen LogP contribution in [0.1, 0.15) is 28.3 Å². The van der Waals surface area contributed by atoms with Crippen LogP contribution in [-0.2, 0) is 12.1 Å². The van der Waals surface area contributed by atoms with Crippen LogP contribution in [0.4, 0.5) is 13.6 Å². The first-order valence-electron chi connectivity index (χ1n) is 11.9. The number of nitrogens with one attached hydrogen (secondary N) is 2. The van der Waals surface area contributed by atoms with Crippen LogP contribution in [0.2, 0.25) is 0 Å². The van der Waals surface area contributed by atoms with Crippen molar-refractivity contribution in [2.45, 2.75) is 18.2 Å². The minimum absolute atomic E-state index is 0.131. The molecular formula is C30H28F2N2O4. The molecular weight excluding hydrogens is 490 g/mol. The van der Waals surface area contributed by atoms with Gasteiger partial charge in [-0.05, 0) is 53.1 Å². The fraction of sp³-hybridized carbons (Fsp3) is 0.167. The van der Waals surface area contributed by atoms with Crippen molar-refractivity contribution in [1.29, 1.82) is 0 Å². The number of halogens is 2. The summed E-state index contributed by atoms with van der Waals surface area (Å²) in [6.07, 6.45) is 0. The van der Waals surface area contributed by atoms with E-state index in [1.807, 2.05) is 6.07 Å². The standard InChI is InChI=1S/C30H28F2N2O4/c1-37-26-17-8-21(27(18-26)38-2)19-33-29(35)34-28(20-6-4-3-5-7-20)30(36,22-9-13-24(31)14-10-22)23-11-15-25(32)16-12-23/h3-18,28,36H,19H2,1-2H3,(H2,33,34,35). The highest BCUT2D eigenvalue weighted by atomic mass is 19.1. The van der Waals surface area contributed by atoms with E-state index >= 15 is 0 Å². The van der Waals surface area contributed by atoms with Gasteiger partial charge in [-0.25, -0.2) is 13.6 Å². The fourth-order valence-electron chi connectivity index (χ4n) is 4.34. The highest BCUT2D eigenvalue weighted by molar-refractivity contribution is 5.75. The van der Waals surface area contributed by atoms with Crippen LogP contribution in [-0.4, -0.2) is 25.4 Å². The third kappa shape index (κ3) is 5.76. The second-order valence-corrected chi connectivity index (χ2v) is 8.63. The molecule has 6 nitrogen and oxygen atoms in total. The van der Waals surface area contributed by atoms with Gasteiger partial charge in [-0.15, -0.1) is 0 Å². The number of methoxy groups -OCH3 is 2. The Hall–Kier alpha value is -4.43. The molecule has 1 unspecified atom stereocenters. The minimum atomic E-state index is -1.88. The average Bonchev–Trinajstić information content (AvgIpc) is 2.95. The summed E-state index contributed by atoms with van der Waals surface area (Å²) in [4.78, 5) is 13.2. The van der Waals surface area contributed by atoms with Crippen LogP contribution in [0, 0.1) is 11.6 Å². The molecule has 0 saturated heterocycles. The molecule has 4 rings (SSSR count). The van der Waals surface area contributed by atoms with Crippen molar-refractivity contribution in [3.8, 4) is 11.5 Å². The molecule has 0 radical (unpaired) electrons. The number of hydrogen-bond acceptors (Lipinski definition) is 4. The normalized spacial score (nSPS) is 11.9. The van der Waals surface area contributed by atoms with E-state index in [1.165, 1.54) is 55.6 Å². The number of ether oxygens (including phenoxy) is 2. The zero-order valence-corrected chi connectivity index (χ0v) is 20.9. The molecule has 4 aromatic carbocycles. The molecule has 0 aliphatic rings. The molecule has 8 heteroatoms. The van der Waals surface area contributed by atoms with Gasteiger partial charge in [0.05, 0.1) is 20.3 Å². The molecule has 0 saturated carbocycles. The van der Waals surface area contributed by atoms with E-state index in [0.717, 1.165) is 0 Å². The van der Waals surface area contributed by atoms with Crippen LogP contribution in [0.3, 0.4) is 0 Å². The van der Waals surface area contributed by atoms with Gasteiger partial charge in [0.2, 0.25) is 0 Å². The topological polar surface area (TPSA) is 79.8 Å². The van der Waals surface area contributed by atoms with E-state index in [1.54, 1.807) is 49.6 Å². The number of hydrogen-bond donors (Lipinski definition) is 3. The van der Waals surface area contributed by atoms with Crippen molar-refractivity contribution in [3.05, 3.63) is 131 Å². The summed E-state index contributed by atoms with van der Waals surface area (Å²) >= 11 is 0. The molecule has 1 atom stereocenters. The van der Waals surface area contributed by atoms with Gasteiger partial charge in [0, 0.05) is 18.2 Å². The van der Waals surface area contributed by atoms with Crippen molar-refractivity contribution >= 4 is 6.03 Å². The molecule has 2 amide bonds. The summed E-state index contributed by atoms with van der Waals surface area (Å²) in [7, 11) is 3.07. The predicted octanol–water partition coefficient (Wildman–Crippen LogP) is 5.46. The summed E-state index contributed by atoms with van der Waals surface area (Å²) in [6, 6.07) is 23.2. The first-order valence-corrected chi connectivity index (χ1v) is 11.9. The average molecular weight is 519 g/mol. The van der Waals surface area contributed by atoms with Gasteiger partial charge in [0.1, 0.15) is 28.7 Å². The minimum Gasteiger partial charge on any atom is -0.497 e. The van der Waals surface area contributed by atoms with Gasteiger partial charge < -0.3 is 25.2 Å². The van der Waals surface area contributed by atoms with E-state index in [0.29, 0.717) is 33.8 Å². The SMILES string of the molecule is COc1ccc(CNC(=O)NC(c2ccccc2)C(O)(c2ccc(F)cc2)c2ccc(F)cc2)c(OC)c1. The Morgan fingerprint density at radius 3 is 1.95 bits per heavy atom. The highest BCUT2D eigenvalue weighted by Gasteiger charge is 2.42. The fourth-order valence-corrected chi connectivity index (χ4v) is 4.34. The molecule has 3 N–H and O–H groups in total. The maximum atomic E-state index is 13.8. The molecule has 0 aromatic heterocycles. The predicted molar refractivity (Wildman–Crippen MR) is 140 cm³/mol. The molecule has 0 aliphatic heterocycles. The number of amides is 2. The second-order valence-electron chi connectivity index (χ2n) is 8.63. The van der Waals surface area contributed by atoms with Crippen molar-refractivity contribution < 1.29 is 28.2 Å². The lowest BCUT2D eigenvalue weighted by Gasteiger charge is -2.38. The van der Waals surface area contributed by atoms with Gasteiger partial charge in [0.15, 0.2) is 0 Å². The summed E-state index contributed by atoms with van der Waals surface area (Å²) in [5, 5.41) is 18.0. The molecule has 4 aromatic rings. The van der Waals surface area contributed by atoms with Crippen molar-refractivity contribution in [2.75, 3.05) is 14.2 Å². The van der Waals surface area contributed by atoms with Gasteiger partial charge in [-0.2, -0.15) is 0 Å². The van der Waals surface area contributed by atoms with Crippen molar-refractivity contribution in [2.24, 2.45) is 0 Å². The quantitative estimate of drug-likeness (QED) is 0.275. The Morgan fingerprint density at radius 1 is 0.842 bits per heavy atom. The van der Waals surface area contributed by atoms with Gasteiger partial charge in [-0.3, -0.25) is 0 Å². The summed E-state index contributed by atoms with van der Waals surface area (Å²) in [5.74, 6) is 0.192. The third-order valence-corrected chi connectivity index (χ3v) is 6.33. The number of carbonyl (C=O) groups is 1. The highest BCUT2D eigenvalue weighted by Crippen LogP contribution is 2.41. The zero-order valence-electron chi connectivity index (χ0n) is 20.9. The maximum absolute atomic E-state index is 13.8. The smallest absolute Gasteiger partial charge is 0.315 e. The molecule has 0 fully saturated rings.